The van der Waals surface area contributed by atoms with E-state index < -0.39 is 11.8 Å². The Labute approximate surface area is 196 Å². The van der Waals surface area contributed by atoms with Crippen molar-refractivity contribution < 1.29 is 23.9 Å². The number of hydrogen-bond donors (Lipinski definition) is 2. The molecule has 4 rings (SSSR count). The molecule has 0 atom stereocenters. The normalized spacial score (nSPS) is 12.6. The van der Waals surface area contributed by atoms with E-state index in [9.17, 15) is 19.2 Å². The van der Waals surface area contributed by atoms with Gasteiger partial charge < -0.3 is 4.74 Å². The molecule has 0 unspecified atom stereocenters. The van der Waals surface area contributed by atoms with Gasteiger partial charge in [0.1, 0.15) is 5.75 Å². The van der Waals surface area contributed by atoms with Gasteiger partial charge in [0.05, 0.1) is 0 Å². The monoisotopic (exact) mass is 459 g/mol. The van der Waals surface area contributed by atoms with Crippen molar-refractivity contribution >= 4 is 34.4 Å². The van der Waals surface area contributed by atoms with Gasteiger partial charge in [-0.05, 0) is 61.0 Å². The summed E-state index contributed by atoms with van der Waals surface area (Å²) in [4.78, 5) is 50.9. The zero-order valence-electron chi connectivity index (χ0n) is 19.0. The van der Waals surface area contributed by atoms with Crippen molar-refractivity contribution in [2.75, 3.05) is 13.2 Å². The molecular formula is C26H25N3O5. The van der Waals surface area contributed by atoms with Crippen LogP contribution in [0.25, 0.3) is 10.8 Å². The lowest BCUT2D eigenvalue weighted by molar-refractivity contribution is -0.130. The first-order valence-corrected chi connectivity index (χ1v) is 11.0. The van der Waals surface area contributed by atoms with Gasteiger partial charge in [-0.2, -0.15) is 0 Å². The number of imide groups is 1. The Hall–Kier alpha value is -4.20. The number of nitrogens with one attached hydrogen (secondary N) is 2. The summed E-state index contributed by atoms with van der Waals surface area (Å²) in [5.74, 6) is -1.10. The number of carbonyl (C=O) groups excluding carboxylic acids is 4. The van der Waals surface area contributed by atoms with E-state index in [0.717, 1.165) is 16.5 Å². The van der Waals surface area contributed by atoms with Gasteiger partial charge in [0.2, 0.25) is 5.91 Å². The van der Waals surface area contributed by atoms with E-state index >= 15 is 0 Å². The summed E-state index contributed by atoms with van der Waals surface area (Å²) in [5.41, 5.74) is 7.76. The quantitative estimate of drug-likeness (QED) is 0.417. The number of benzene rings is 3. The van der Waals surface area contributed by atoms with E-state index in [1.54, 1.807) is 30.3 Å². The van der Waals surface area contributed by atoms with Gasteiger partial charge in [0.25, 0.3) is 17.7 Å². The first-order chi connectivity index (χ1) is 16.3. The molecule has 0 spiro atoms. The van der Waals surface area contributed by atoms with Crippen LogP contribution in [0.15, 0.2) is 54.6 Å². The number of rotatable bonds is 7. The molecule has 0 radical (unpaired) electrons. The minimum atomic E-state index is -0.502. The number of ether oxygens (including phenoxy) is 1. The molecule has 2 N–H and O–H groups in total. The summed E-state index contributed by atoms with van der Waals surface area (Å²) >= 11 is 0. The van der Waals surface area contributed by atoms with Gasteiger partial charge in [0, 0.05) is 29.5 Å². The maximum atomic E-state index is 12.9. The largest absolute Gasteiger partial charge is 0.484 e. The third kappa shape index (κ3) is 4.76. The molecule has 0 aromatic heterocycles. The average Bonchev–Trinajstić information content (AvgIpc) is 2.84. The molecule has 3 aromatic carbocycles. The fraction of sp³-hybridized carbons (Fsp3) is 0.231. The zero-order chi connectivity index (χ0) is 24.2. The lowest BCUT2D eigenvalue weighted by Gasteiger charge is -2.27. The van der Waals surface area contributed by atoms with Crippen molar-refractivity contribution in [1.82, 2.24) is 15.8 Å². The van der Waals surface area contributed by atoms with Gasteiger partial charge in [-0.1, -0.05) is 30.3 Å². The standard InChI is InChI=1S/C26H25N3O5/c1-16-11-12-19(14-17(16)2)34-15-23(31)28-27-22(30)10-5-13-29-25(32)20-8-3-6-18-7-4-9-21(24(18)20)26(29)33/h3-4,6-9,11-12,14H,5,10,13,15H2,1-2H3,(H,27,30)(H,28,31). The third-order valence-electron chi connectivity index (χ3n) is 5.83. The SMILES string of the molecule is Cc1ccc(OCC(=O)NNC(=O)CCCN2C(=O)c3cccc4cccc(c34)C2=O)cc1C. The van der Waals surface area contributed by atoms with Crippen LogP contribution in [0.3, 0.4) is 0 Å². The number of amides is 4. The maximum Gasteiger partial charge on any atom is 0.276 e. The highest BCUT2D eigenvalue weighted by Gasteiger charge is 2.32. The van der Waals surface area contributed by atoms with Gasteiger partial charge in [-0.15, -0.1) is 0 Å². The van der Waals surface area contributed by atoms with Crippen molar-refractivity contribution in [1.29, 1.82) is 0 Å². The Morgan fingerprint density at radius 2 is 1.50 bits per heavy atom. The molecule has 8 nitrogen and oxygen atoms in total. The lowest BCUT2D eigenvalue weighted by Crippen LogP contribution is -2.44. The third-order valence-corrected chi connectivity index (χ3v) is 5.83. The second-order valence-electron chi connectivity index (χ2n) is 8.21. The Morgan fingerprint density at radius 1 is 0.853 bits per heavy atom. The van der Waals surface area contributed by atoms with Crippen LogP contribution >= 0.6 is 0 Å². The van der Waals surface area contributed by atoms with Crippen LogP contribution in [0, 0.1) is 13.8 Å². The minimum Gasteiger partial charge on any atom is -0.484 e. The summed E-state index contributed by atoms with van der Waals surface area (Å²) in [6.07, 6.45) is 0.289. The average molecular weight is 460 g/mol. The van der Waals surface area contributed by atoms with Crippen molar-refractivity contribution in [3.05, 3.63) is 76.9 Å². The molecule has 4 amide bonds. The molecule has 0 aliphatic carbocycles. The van der Waals surface area contributed by atoms with Crippen LogP contribution in [0.4, 0.5) is 0 Å². The van der Waals surface area contributed by atoms with Gasteiger partial charge >= 0.3 is 0 Å². The fourth-order valence-corrected chi connectivity index (χ4v) is 3.87. The Kier molecular flexibility index (Phi) is 6.58. The Morgan fingerprint density at radius 3 is 2.15 bits per heavy atom. The molecule has 34 heavy (non-hydrogen) atoms. The molecule has 3 aromatic rings. The Balaban J connectivity index is 1.24. The van der Waals surface area contributed by atoms with Gasteiger partial charge in [-0.3, -0.25) is 34.9 Å². The molecule has 8 heteroatoms. The van der Waals surface area contributed by atoms with E-state index in [1.165, 1.54) is 4.90 Å². The molecule has 1 heterocycles. The zero-order valence-corrected chi connectivity index (χ0v) is 19.0. The molecule has 0 saturated carbocycles. The first kappa shape index (κ1) is 23.0. The number of nitrogens with zero attached hydrogens (tertiary/aromatic N) is 1. The fourth-order valence-electron chi connectivity index (χ4n) is 3.87. The lowest BCUT2D eigenvalue weighted by atomic mass is 9.94. The highest BCUT2D eigenvalue weighted by Crippen LogP contribution is 2.30. The van der Waals surface area contributed by atoms with Crippen LogP contribution in [-0.2, 0) is 9.59 Å². The van der Waals surface area contributed by atoms with Gasteiger partial charge in [-0.25, -0.2) is 0 Å². The van der Waals surface area contributed by atoms with Crippen LogP contribution < -0.4 is 15.6 Å². The molecule has 1 aliphatic rings. The number of aryl methyl sites for hydroxylation is 2. The van der Waals surface area contributed by atoms with E-state index in [2.05, 4.69) is 10.9 Å². The summed E-state index contributed by atoms with van der Waals surface area (Å²) in [7, 11) is 0. The summed E-state index contributed by atoms with van der Waals surface area (Å²) in [5, 5.41) is 1.51. The summed E-state index contributed by atoms with van der Waals surface area (Å²) < 4.78 is 5.43. The summed E-state index contributed by atoms with van der Waals surface area (Å²) in [6.45, 7) is 3.79. The number of hydrogen-bond acceptors (Lipinski definition) is 5. The van der Waals surface area contributed by atoms with Crippen molar-refractivity contribution in [3.8, 4) is 5.75 Å². The summed E-state index contributed by atoms with van der Waals surface area (Å²) in [6, 6.07) is 16.2. The highest BCUT2D eigenvalue weighted by atomic mass is 16.5. The van der Waals surface area contributed by atoms with Crippen LogP contribution in [0.1, 0.15) is 44.7 Å². The van der Waals surface area contributed by atoms with E-state index in [1.807, 2.05) is 38.1 Å². The highest BCUT2D eigenvalue weighted by molar-refractivity contribution is 6.25. The van der Waals surface area contributed by atoms with Crippen molar-refractivity contribution in [2.45, 2.75) is 26.7 Å². The predicted octanol–water partition coefficient (Wildman–Crippen LogP) is 3.06. The molecule has 0 fully saturated rings. The van der Waals surface area contributed by atoms with Crippen LogP contribution in [0.5, 0.6) is 5.75 Å². The molecular weight excluding hydrogens is 434 g/mol. The van der Waals surface area contributed by atoms with Gasteiger partial charge in [0.15, 0.2) is 6.61 Å². The number of carbonyl (C=O) groups is 4. The maximum absolute atomic E-state index is 12.9. The molecule has 1 aliphatic heterocycles. The van der Waals surface area contributed by atoms with Crippen molar-refractivity contribution in [2.24, 2.45) is 0 Å². The van der Waals surface area contributed by atoms with Crippen LogP contribution in [0.2, 0.25) is 0 Å². The second-order valence-corrected chi connectivity index (χ2v) is 8.21. The molecule has 174 valence electrons. The second kappa shape index (κ2) is 9.74. The van der Waals surface area contributed by atoms with Crippen molar-refractivity contribution in [3.63, 3.8) is 0 Å². The minimum absolute atomic E-state index is 0.0290. The smallest absolute Gasteiger partial charge is 0.276 e. The predicted molar refractivity (Wildman–Crippen MR) is 126 cm³/mol. The van der Waals surface area contributed by atoms with E-state index in [-0.39, 0.29) is 37.8 Å². The molecule has 0 bridgehead atoms. The van der Waals surface area contributed by atoms with E-state index in [4.69, 9.17) is 4.74 Å². The van der Waals surface area contributed by atoms with Crippen LogP contribution in [-0.4, -0.2) is 41.7 Å². The number of hydrazine groups is 1. The molecule has 0 saturated heterocycles. The first-order valence-electron chi connectivity index (χ1n) is 11.0. The van der Waals surface area contributed by atoms with E-state index in [0.29, 0.717) is 22.3 Å². The topological polar surface area (TPSA) is 105 Å². The Bertz CT molecular complexity index is 1250.